The number of carbonyl (C=O) groups is 3. The summed E-state index contributed by atoms with van der Waals surface area (Å²) in [5, 5.41) is 1.94. The van der Waals surface area contributed by atoms with E-state index in [1.54, 1.807) is 0 Å². The molecule has 32 heavy (non-hydrogen) atoms. The lowest BCUT2D eigenvalue weighted by Gasteiger charge is -2.16. The lowest BCUT2D eigenvalue weighted by molar-refractivity contribution is -0.122. The Morgan fingerprint density at radius 3 is 2.56 bits per heavy atom. The lowest BCUT2D eigenvalue weighted by Crippen LogP contribution is -2.37. The fourth-order valence-corrected chi connectivity index (χ4v) is 3.71. The van der Waals surface area contributed by atoms with Gasteiger partial charge in [-0.1, -0.05) is 18.2 Å². The highest BCUT2D eigenvalue weighted by molar-refractivity contribution is 8.18. The molecular weight excluding hydrogens is 449 g/mol. The number of carbonyl (C=O) groups excluding carboxylic acids is 3. The van der Waals surface area contributed by atoms with Gasteiger partial charge in [0.2, 0.25) is 0 Å². The first-order valence-electron chi connectivity index (χ1n) is 9.21. The number of rotatable bonds is 8. The van der Waals surface area contributed by atoms with Crippen molar-refractivity contribution in [3.8, 4) is 11.5 Å². The van der Waals surface area contributed by atoms with Crippen LogP contribution in [0.4, 0.5) is 18.0 Å². The molecule has 1 heterocycles. The molecule has 1 saturated heterocycles. The Hall–Kier alpha value is -3.47. The first-order valence-corrected chi connectivity index (χ1v) is 10.0. The Balaban J connectivity index is 1.64. The summed E-state index contributed by atoms with van der Waals surface area (Å²) in [5.41, 5.74) is 0.366. The van der Waals surface area contributed by atoms with Crippen LogP contribution in [0.2, 0.25) is 0 Å². The molecule has 1 N–H and O–H groups in total. The van der Waals surface area contributed by atoms with Crippen LogP contribution in [0.3, 0.4) is 0 Å². The molecule has 0 atom stereocenters. The minimum absolute atomic E-state index is 0.0465. The van der Waals surface area contributed by atoms with Crippen molar-refractivity contribution < 1.29 is 37.0 Å². The van der Waals surface area contributed by atoms with Gasteiger partial charge in [0.05, 0.1) is 17.6 Å². The topological polar surface area (TPSA) is 84.9 Å². The van der Waals surface area contributed by atoms with Gasteiger partial charge in [0, 0.05) is 13.1 Å². The molecule has 168 valence electrons. The van der Waals surface area contributed by atoms with Crippen LogP contribution < -0.4 is 14.8 Å². The summed E-state index contributed by atoms with van der Waals surface area (Å²) in [6.07, 6.45) is 1.47. The van der Waals surface area contributed by atoms with Crippen LogP contribution in [0.5, 0.6) is 11.5 Å². The second-order valence-electron chi connectivity index (χ2n) is 6.36. The van der Waals surface area contributed by atoms with Gasteiger partial charge >= 0.3 is 6.61 Å². The molecule has 0 unspecified atom stereocenters. The van der Waals surface area contributed by atoms with Crippen LogP contribution in [0.1, 0.15) is 15.9 Å². The molecule has 1 aliphatic heterocycles. The summed E-state index contributed by atoms with van der Waals surface area (Å²) in [7, 11) is 1.24. The predicted octanol–water partition coefficient (Wildman–Crippen LogP) is 3.90. The number of amides is 3. The van der Waals surface area contributed by atoms with Crippen molar-refractivity contribution in [3.05, 3.63) is 64.3 Å². The van der Waals surface area contributed by atoms with E-state index >= 15 is 0 Å². The van der Waals surface area contributed by atoms with Crippen molar-refractivity contribution in [2.75, 3.05) is 20.2 Å². The van der Waals surface area contributed by atoms with Crippen molar-refractivity contribution in [1.29, 1.82) is 0 Å². The molecule has 0 bridgehead atoms. The normalized spacial score (nSPS) is 14.9. The van der Waals surface area contributed by atoms with Gasteiger partial charge in [-0.25, -0.2) is 4.39 Å². The Bertz CT molecular complexity index is 1060. The minimum atomic E-state index is -3.17. The predicted molar refractivity (Wildman–Crippen MR) is 111 cm³/mol. The number of alkyl halides is 2. The number of nitrogens with zero attached hydrogens (tertiary/aromatic N) is 1. The second-order valence-corrected chi connectivity index (χ2v) is 7.35. The maximum Gasteiger partial charge on any atom is 0.387 e. The molecule has 0 saturated carbocycles. The van der Waals surface area contributed by atoms with E-state index in [1.165, 1.54) is 55.7 Å². The van der Waals surface area contributed by atoms with Crippen molar-refractivity contribution in [3.63, 3.8) is 0 Å². The van der Waals surface area contributed by atoms with Gasteiger partial charge in [0.25, 0.3) is 17.1 Å². The number of imide groups is 1. The number of halogens is 3. The SMILES string of the molecule is COc1cccc(C(=O)NCCN2C(=O)SC(=Cc3ccc(F)cc3)C2=O)c1OC(F)F. The molecule has 3 rings (SSSR count). The quantitative estimate of drug-likeness (QED) is 0.594. The first-order chi connectivity index (χ1) is 15.3. The summed E-state index contributed by atoms with van der Waals surface area (Å²) < 4.78 is 47.8. The molecule has 1 fully saturated rings. The van der Waals surface area contributed by atoms with E-state index in [-0.39, 0.29) is 29.3 Å². The Labute approximate surface area is 185 Å². The van der Waals surface area contributed by atoms with Crippen molar-refractivity contribution in [2.24, 2.45) is 0 Å². The zero-order chi connectivity index (χ0) is 23.3. The molecular formula is C21H17F3N2O5S. The Kier molecular flexibility index (Phi) is 7.41. The van der Waals surface area contributed by atoms with E-state index in [1.807, 2.05) is 0 Å². The van der Waals surface area contributed by atoms with E-state index < -0.39 is 35.2 Å². The zero-order valence-electron chi connectivity index (χ0n) is 16.6. The average molecular weight is 466 g/mol. The average Bonchev–Trinajstić information content (AvgIpc) is 3.02. The number of hydrogen-bond donors (Lipinski definition) is 1. The van der Waals surface area contributed by atoms with Gasteiger partial charge in [-0.3, -0.25) is 19.3 Å². The van der Waals surface area contributed by atoms with Crippen molar-refractivity contribution in [1.82, 2.24) is 10.2 Å². The van der Waals surface area contributed by atoms with Crippen LogP contribution in [0, 0.1) is 5.82 Å². The third-order valence-electron chi connectivity index (χ3n) is 4.31. The lowest BCUT2D eigenvalue weighted by atomic mass is 10.1. The number of nitrogens with one attached hydrogen (secondary N) is 1. The number of hydrogen-bond acceptors (Lipinski definition) is 6. The molecule has 0 aromatic heterocycles. The van der Waals surface area contributed by atoms with Gasteiger partial charge in [-0.05, 0) is 47.7 Å². The van der Waals surface area contributed by atoms with Crippen LogP contribution in [0.15, 0.2) is 47.4 Å². The standard InChI is InChI=1S/C21H17F3N2O5S/c1-30-15-4-2-3-14(17(15)31-20(23)24)18(27)25-9-10-26-19(28)16(32-21(26)29)11-12-5-7-13(22)8-6-12/h2-8,11,20H,9-10H2,1H3,(H,25,27). The highest BCUT2D eigenvalue weighted by atomic mass is 32.2. The molecule has 7 nitrogen and oxygen atoms in total. The highest BCUT2D eigenvalue weighted by Crippen LogP contribution is 2.33. The van der Waals surface area contributed by atoms with Crippen LogP contribution in [-0.2, 0) is 4.79 Å². The van der Waals surface area contributed by atoms with Crippen LogP contribution in [-0.4, -0.2) is 48.8 Å². The fourth-order valence-electron chi connectivity index (χ4n) is 2.85. The van der Waals surface area contributed by atoms with E-state index in [9.17, 15) is 27.6 Å². The maximum absolute atomic E-state index is 13.0. The van der Waals surface area contributed by atoms with E-state index in [0.29, 0.717) is 5.56 Å². The molecule has 1 aliphatic rings. The summed E-state index contributed by atoms with van der Waals surface area (Å²) in [5.74, 6) is -2.19. The summed E-state index contributed by atoms with van der Waals surface area (Å²) in [4.78, 5) is 38.2. The monoisotopic (exact) mass is 466 g/mol. The number of thioether (sulfide) groups is 1. The van der Waals surface area contributed by atoms with E-state index in [2.05, 4.69) is 10.1 Å². The summed E-state index contributed by atoms with van der Waals surface area (Å²) >= 11 is 0.722. The minimum Gasteiger partial charge on any atom is -0.493 e. The maximum atomic E-state index is 13.0. The Morgan fingerprint density at radius 2 is 1.91 bits per heavy atom. The number of methoxy groups -OCH3 is 1. The molecule has 0 radical (unpaired) electrons. The third kappa shape index (κ3) is 5.41. The molecule has 2 aromatic rings. The first kappa shape index (κ1) is 23.2. The highest BCUT2D eigenvalue weighted by Gasteiger charge is 2.34. The van der Waals surface area contributed by atoms with E-state index in [4.69, 9.17) is 4.74 Å². The van der Waals surface area contributed by atoms with Gasteiger partial charge in [0.1, 0.15) is 5.82 Å². The molecule has 2 aromatic carbocycles. The van der Waals surface area contributed by atoms with Crippen molar-refractivity contribution in [2.45, 2.75) is 6.61 Å². The zero-order valence-corrected chi connectivity index (χ0v) is 17.5. The smallest absolute Gasteiger partial charge is 0.387 e. The van der Waals surface area contributed by atoms with Gasteiger partial charge in [0.15, 0.2) is 11.5 Å². The van der Waals surface area contributed by atoms with E-state index in [0.717, 1.165) is 16.7 Å². The summed E-state index contributed by atoms with van der Waals surface area (Å²) in [6.45, 7) is -3.42. The third-order valence-corrected chi connectivity index (χ3v) is 5.22. The molecule has 0 spiro atoms. The van der Waals surface area contributed by atoms with Gasteiger partial charge in [-0.2, -0.15) is 8.78 Å². The summed E-state index contributed by atoms with van der Waals surface area (Å²) in [6, 6.07) is 9.48. The molecule has 0 aliphatic carbocycles. The molecule has 3 amide bonds. The molecule has 11 heteroatoms. The second kappa shape index (κ2) is 10.2. The largest absolute Gasteiger partial charge is 0.493 e. The fraction of sp³-hybridized carbons (Fsp3) is 0.190. The Morgan fingerprint density at radius 1 is 1.19 bits per heavy atom. The van der Waals surface area contributed by atoms with Crippen LogP contribution >= 0.6 is 11.8 Å². The van der Waals surface area contributed by atoms with Gasteiger partial charge < -0.3 is 14.8 Å². The van der Waals surface area contributed by atoms with Gasteiger partial charge in [-0.15, -0.1) is 0 Å². The number of ether oxygens (including phenoxy) is 2. The van der Waals surface area contributed by atoms with Crippen LogP contribution in [0.25, 0.3) is 6.08 Å². The van der Waals surface area contributed by atoms with Crippen molar-refractivity contribution >= 4 is 34.9 Å². The number of benzene rings is 2. The number of para-hydroxylation sites is 1.